The van der Waals surface area contributed by atoms with Gasteiger partial charge in [0.05, 0.1) is 25.8 Å². The SMILES string of the molecule is O=P(O)(O)CC(CP(=O)(O)O)P(=O)(O)O.[B]C. The highest BCUT2D eigenvalue weighted by molar-refractivity contribution is 7.59. The molecule has 102 valence electrons. The van der Waals surface area contributed by atoms with Crippen molar-refractivity contribution in [3.05, 3.63) is 0 Å². The summed E-state index contributed by atoms with van der Waals surface area (Å²) in [6.07, 6.45) is -2.52. The molecular formula is C4H14BO9P3. The van der Waals surface area contributed by atoms with E-state index in [9.17, 15) is 13.7 Å². The molecule has 0 saturated carbocycles. The lowest BCUT2D eigenvalue weighted by atomic mass is 10.2. The highest BCUT2D eigenvalue weighted by Gasteiger charge is 2.39. The maximum atomic E-state index is 10.7. The number of rotatable bonds is 5. The molecule has 0 fully saturated rings. The van der Waals surface area contributed by atoms with Gasteiger partial charge < -0.3 is 29.4 Å². The first-order valence-corrected chi connectivity index (χ1v) is 9.31. The minimum absolute atomic E-state index is 1.26. The van der Waals surface area contributed by atoms with Crippen molar-refractivity contribution in [1.82, 2.24) is 0 Å². The lowest BCUT2D eigenvalue weighted by Gasteiger charge is -2.19. The van der Waals surface area contributed by atoms with E-state index in [-0.39, 0.29) is 0 Å². The Morgan fingerprint density at radius 3 is 1.18 bits per heavy atom. The third kappa shape index (κ3) is 12.8. The fourth-order valence-electron chi connectivity index (χ4n) is 0.820. The smallest absolute Gasteiger partial charge is 0.324 e. The molecule has 0 aliphatic heterocycles. The Kier molecular flexibility index (Phi) is 8.39. The molecular weight excluding hydrogens is 296 g/mol. The summed E-state index contributed by atoms with van der Waals surface area (Å²) in [5, 5.41) is 0. The van der Waals surface area contributed by atoms with Crippen LogP contribution in [0.15, 0.2) is 0 Å². The van der Waals surface area contributed by atoms with Crippen molar-refractivity contribution in [2.45, 2.75) is 12.5 Å². The predicted molar refractivity (Wildman–Crippen MR) is 61.3 cm³/mol. The van der Waals surface area contributed by atoms with Crippen LogP contribution in [0.25, 0.3) is 0 Å². The van der Waals surface area contributed by atoms with Crippen LogP contribution in [0.1, 0.15) is 0 Å². The van der Waals surface area contributed by atoms with E-state index in [0.29, 0.717) is 0 Å². The van der Waals surface area contributed by atoms with Crippen LogP contribution in [0.5, 0.6) is 0 Å². The van der Waals surface area contributed by atoms with Gasteiger partial charge in [-0.25, -0.2) is 0 Å². The first-order chi connectivity index (χ1) is 7.31. The van der Waals surface area contributed by atoms with E-state index in [2.05, 4.69) is 7.85 Å². The van der Waals surface area contributed by atoms with E-state index in [4.69, 9.17) is 29.4 Å². The summed E-state index contributed by atoms with van der Waals surface area (Å²) in [7, 11) is -9.93. The van der Waals surface area contributed by atoms with Crippen molar-refractivity contribution in [2.24, 2.45) is 0 Å². The molecule has 0 unspecified atom stereocenters. The van der Waals surface area contributed by atoms with Crippen molar-refractivity contribution in [3.63, 3.8) is 0 Å². The fraction of sp³-hybridized carbons (Fsp3) is 1.00. The Balaban J connectivity index is 0. The molecule has 2 radical (unpaired) electrons. The molecule has 0 aromatic heterocycles. The molecule has 0 heterocycles. The van der Waals surface area contributed by atoms with Crippen molar-refractivity contribution in [1.29, 1.82) is 0 Å². The molecule has 0 saturated heterocycles. The maximum Gasteiger partial charge on any atom is 0.329 e. The fourth-order valence-corrected chi connectivity index (χ4v) is 5.36. The Labute approximate surface area is 99.1 Å². The molecule has 13 heteroatoms. The van der Waals surface area contributed by atoms with Crippen LogP contribution >= 0.6 is 22.8 Å². The minimum Gasteiger partial charge on any atom is -0.324 e. The van der Waals surface area contributed by atoms with E-state index >= 15 is 0 Å². The summed E-state index contributed by atoms with van der Waals surface area (Å²) in [4.78, 5) is 51.1. The van der Waals surface area contributed by atoms with Crippen molar-refractivity contribution in [2.75, 3.05) is 12.3 Å². The van der Waals surface area contributed by atoms with E-state index in [0.717, 1.165) is 0 Å². The monoisotopic (exact) mass is 310 g/mol. The highest BCUT2D eigenvalue weighted by Crippen LogP contribution is 2.53. The van der Waals surface area contributed by atoms with Gasteiger partial charge in [-0.15, -0.1) is 0 Å². The molecule has 0 aliphatic carbocycles. The van der Waals surface area contributed by atoms with E-state index in [1.807, 2.05) is 0 Å². The minimum atomic E-state index is -4.95. The zero-order valence-corrected chi connectivity index (χ0v) is 11.5. The number of hydrogen-bond donors (Lipinski definition) is 6. The molecule has 0 rings (SSSR count). The third-order valence-electron chi connectivity index (χ3n) is 1.37. The van der Waals surface area contributed by atoms with Gasteiger partial charge in [-0.3, -0.25) is 13.7 Å². The highest BCUT2D eigenvalue weighted by atomic mass is 31.2. The van der Waals surface area contributed by atoms with Gasteiger partial charge in [0.2, 0.25) is 0 Å². The Hall–Kier alpha value is 0.515. The van der Waals surface area contributed by atoms with Gasteiger partial charge >= 0.3 is 22.8 Å². The quantitative estimate of drug-likeness (QED) is 0.277. The third-order valence-corrected chi connectivity index (χ3v) is 5.10. The molecule has 0 amide bonds. The lowest BCUT2D eigenvalue weighted by Crippen LogP contribution is -2.19. The van der Waals surface area contributed by atoms with E-state index in [1.54, 1.807) is 0 Å². The first kappa shape index (κ1) is 19.8. The van der Waals surface area contributed by atoms with Crippen molar-refractivity contribution in [3.8, 4) is 0 Å². The zero-order valence-electron chi connectivity index (χ0n) is 8.82. The molecule has 0 spiro atoms. The topological polar surface area (TPSA) is 173 Å². The summed E-state index contributed by atoms with van der Waals surface area (Å²) < 4.78 is 31.6. The van der Waals surface area contributed by atoms with Crippen LogP contribution in [0.2, 0.25) is 6.82 Å². The van der Waals surface area contributed by atoms with Crippen LogP contribution in [0, 0.1) is 0 Å². The molecule has 0 bridgehead atoms. The molecule has 17 heavy (non-hydrogen) atoms. The molecule has 0 aliphatic rings. The van der Waals surface area contributed by atoms with Gasteiger partial charge in [-0.2, -0.15) is 0 Å². The van der Waals surface area contributed by atoms with Gasteiger partial charge in [-0.05, 0) is 0 Å². The van der Waals surface area contributed by atoms with Crippen LogP contribution in [-0.4, -0.2) is 55.2 Å². The van der Waals surface area contributed by atoms with Crippen molar-refractivity contribution < 1.29 is 43.1 Å². The molecule has 6 N–H and O–H groups in total. The molecule has 0 aromatic carbocycles. The average molecular weight is 310 g/mol. The molecule has 0 atom stereocenters. The van der Waals surface area contributed by atoms with Gasteiger partial charge in [-0.1, -0.05) is 6.82 Å². The van der Waals surface area contributed by atoms with Crippen LogP contribution in [0.4, 0.5) is 0 Å². The zero-order chi connectivity index (χ0) is 14.5. The number of hydrogen-bond acceptors (Lipinski definition) is 3. The van der Waals surface area contributed by atoms with Gasteiger partial charge in [0.15, 0.2) is 0 Å². The largest absolute Gasteiger partial charge is 0.329 e. The predicted octanol–water partition coefficient (Wildman–Crippen LogP) is -0.909. The van der Waals surface area contributed by atoms with Gasteiger partial charge in [0.1, 0.15) is 0 Å². The summed E-state index contributed by atoms with van der Waals surface area (Å²) >= 11 is 0. The normalized spacial score (nSPS) is 13.2. The van der Waals surface area contributed by atoms with Crippen LogP contribution in [0.3, 0.4) is 0 Å². The first-order valence-electron chi connectivity index (χ1n) is 4.03. The van der Waals surface area contributed by atoms with Crippen molar-refractivity contribution >= 4 is 30.6 Å². The second-order valence-corrected chi connectivity index (χ2v) is 8.23. The maximum absolute atomic E-state index is 10.7. The van der Waals surface area contributed by atoms with E-state index in [1.165, 1.54) is 6.82 Å². The summed E-state index contributed by atoms with van der Waals surface area (Å²) in [5.41, 5.74) is -2.04. The Morgan fingerprint density at radius 2 is 1.06 bits per heavy atom. The van der Waals surface area contributed by atoms with Gasteiger partial charge in [0, 0.05) is 0 Å². The Bertz CT molecular complexity index is 327. The van der Waals surface area contributed by atoms with Gasteiger partial charge in [0.25, 0.3) is 0 Å². The van der Waals surface area contributed by atoms with Crippen LogP contribution < -0.4 is 0 Å². The average Bonchev–Trinajstić information content (AvgIpc) is 1.99. The lowest BCUT2D eigenvalue weighted by molar-refractivity contribution is 0.340. The summed E-state index contributed by atoms with van der Waals surface area (Å²) in [6, 6.07) is 0. The summed E-state index contributed by atoms with van der Waals surface area (Å²) in [5.74, 6) is 0. The Morgan fingerprint density at radius 1 is 0.824 bits per heavy atom. The van der Waals surface area contributed by atoms with Crippen LogP contribution in [-0.2, 0) is 13.7 Å². The second kappa shape index (κ2) is 7.19. The standard InChI is InChI=1S/C3H11O9P3.CH3B/c4-13(5,6)1-3(15(10,11)12)2-14(7,8)9;1-2/h3H,1-2H2,(H2,4,5,6)(H2,7,8,9)(H2,10,11,12);1H3. The summed E-state index contributed by atoms with van der Waals surface area (Å²) in [6.45, 7) is 1.50. The van der Waals surface area contributed by atoms with E-state index < -0.39 is 40.8 Å². The molecule has 9 nitrogen and oxygen atoms in total. The second-order valence-electron chi connectivity index (χ2n) is 2.94. The molecule has 0 aromatic rings.